The molecule has 0 aliphatic rings. The highest BCUT2D eigenvalue weighted by atomic mass is 35.5. The predicted octanol–water partition coefficient (Wildman–Crippen LogP) is 4.04. The minimum Gasteiger partial charge on any atom is -0.352 e. The Balaban J connectivity index is 1.85. The molecule has 0 unspecified atom stereocenters. The second kappa shape index (κ2) is 7.90. The fourth-order valence-corrected chi connectivity index (χ4v) is 2.75. The summed E-state index contributed by atoms with van der Waals surface area (Å²) in [6, 6.07) is 5.45. The zero-order valence-electron chi connectivity index (χ0n) is 12.4. The van der Waals surface area contributed by atoms with Gasteiger partial charge in [-0.3, -0.25) is 9.48 Å². The van der Waals surface area contributed by atoms with Gasteiger partial charge in [0.2, 0.25) is 0 Å². The summed E-state index contributed by atoms with van der Waals surface area (Å²) in [6.45, 7) is 3.11. The van der Waals surface area contributed by atoms with Crippen LogP contribution in [-0.4, -0.2) is 28.5 Å². The van der Waals surface area contributed by atoms with Crippen LogP contribution in [0.3, 0.4) is 0 Å². The van der Waals surface area contributed by atoms with Crippen LogP contribution in [0.2, 0.25) is 10.0 Å². The van der Waals surface area contributed by atoms with E-state index in [9.17, 15) is 4.79 Å². The molecule has 0 radical (unpaired) electrons. The van der Waals surface area contributed by atoms with Gasteiger partial charge < -0.3 is 5.32 Å². The van der Waals surface area contributed by atoms with Gasteiger partial charge in [-0.2, -0.15) is 5.10 Å². The number of halogens is 2. The van der Waals surface area contributed by atoms with Crippen molar-refractivity contribution in [2.75, 3.05) is 12.8 Å². The highest BCUT2D eigenvalue weighted by molar-refractivity contribution is 7.98. The first kappa shape index (κ1) is 17.2. The standard InChI is InChI=1S/C15H17Cl2N3OS/c1-10-14(17)9-20(19-10)7-3-6-18-15(21)12-8-11(22-2)4-5-13(12)16/h4-5,8-9H,3,6-7H2,1-2H3,(H,18,21). The van der Waals surface area contributed by atoms with Crippen molar-refractivity contribution in [1.29, 1.82) is 0 Å². The number of benzene rings is 1. The lowest BCUT2D eigenvalue weighted by Crippen LogP contribution is -2.25. The smallest absolute Gasteiger partial charge is 0.252 e. The Kier molecular flexibility index (Phi) is 6.17. The van der Waals surface area contributed by atoms with Gasteiger partial charge in [-0.1, -0.05) is 23.2 Å². The van der Waals surface area contributed by atoms with Gasteiger partial charge in [0.05, 0.1) is 21.3 Å². The Bertz CT molecular complexity index is 653. The van der Waals surface area contributed by atoms with E-state index in [-0.39, 0.29) is 5.91 Å². The number of thioether (sulfide) groups is 1. The molecule has 2 rings (SSSR count). The number of hydrogen-bond donors (Lipinski definition) is 1. The number of carbonyl (C=O) groups is 1. The summed E-state index contributed by atoms with van der Waals surface area (Å²) in [7, 11) is 0. The molecule has 0 saturated carbocycles. The fourth-order valence-electron chi connectivity index (χ4n) is 1.95. The molecule has 0 bridgehead atoms. The highest BCUT2D eigenvalue weighted by Crippen LogP contribution is 2.22. The molecule has 1 aromatic heterocycles. The maximum atomic E-state index is 12.2. The molecular formula is C15H17Cl2N3OS. The van der Waals surface area contributed by atoms with Gasteiger partial charge in [0.15, 0.2) is 0 Å². The van der Waals surface area contributed by atoms with Gasteiger partial charge in [0.25, 0.3) is 5.91 Å². The van der Waals surface area contributed by atoms with Crippen molar-refractivity contribution in [2.45, 2.75) is 24.8 Å². The summed E-state index contributed by atoms with van der Waals surface area (Å²) in [5.41, 5.74) is 1.32. The summed E-state index contributed by atoms with van der Waals surface area (Å²) in [6.07, 6.45) is 4.52. The maximum Gasteiger partial charge on any atom is 0.252 e. The van der Waals surface area contributed by atoms with E-state index in [1.54, 1.807) is 34.8 Å². The van der Waals surface area contributed by atoms with Gasteiger partial charge in [0, 0.05) is 24.2 Å². The molecule has 4 nitrogen and oxygen atoms in total. The molecule has 0 aliphatic carbocycles. The molecule has 0 saturated heterocycles. The number of carbonyl (C=O) groups excluding carboxylic acids is 1. The van der Waals surface area contributed by atoms with Crippen molar-refractivity contribution in [1.82, 2.24) is 15.1 Å². The molecule has 22 heavy (non-hydrogen) atoms. The predicted molar refractivity (Wildman–Crippen MR) is 92.2 cm³/mol. The van der Waals surface area contributed by atoms with Crippen LogP contribution in [0.1, 0.15) is 22.5 Å². The average molecular weight is 358 g/mol. The van der Waals surface area contributed by atoms with Crippen LogP contribution in [0.25, 0.3) is 0 Å². The van der Waals surface area contributed by atoms with E-state index in [4.69, 9.17) is 23.2 Å². The molecule has 0 atom stereocenters. The van der Waals surface area contributed by atoms with Crippen LogP contribution >= 0.6 is 35.0 Å². The molecule has 1 amide bonds. The number of aromatic nitrogens is 2. The summed E-state index contributed by atoms with van der Waals surface area (Å²) < 4.78 is 1.78. The molecule has 1 aromatic carbocycles. The Labute approximate surface area is 144 Å². The van der Waals surface area contributed by atoms with Crippen molar-refractivity contribution in [3.63, 3.8) is 0 Å². The molecule has 1 N–H and O–H groups in total. The number of nitrogens with zero attached hydrogens (tertiary/aromatic N) is 2. The molecule has 1 heterocycles. The minimum absolute atomic E-state index is 0.157. The van der Waals surface area contributed by atoms with Crippen LogP contribution < -0.4 is 5.32 Å². The minimum atomic E-state index is -0.157. The lowest BCUT2D eigenvalue weighted by atomic mass is 10.2. The molecular weight excluding hydrogens is 341 g/mol. The van der Waals surface area contributed by atoms with Crippen LogP contribution in [0.15, 0.2) is 29.3 Å². The monoisotopic (exact) mass is 357 g/mol. The van der Waals surface area contributed by atoms with E-state index < -0.39 is 0 Å². The highest BCUT2D eigenvalue weighted by Gasteiger charge is 2.10. The van der Waals surface area contributed by atoms with Gasteiger partial charge >= 0.3 is 0 Å². The first-order valence-corrected chi connectivity index (χ1v) is 8.80. The van der Waals surface area contributed by atoms with E-state index in [1.165, 1.54) is 0 Å². The van der Waals surface area contributed by atoms with Crippen molar-refractivity contribution < 1.29 is 4.79 Å². The third kappa shape index (κ3) is 4.41. The Hall–Kier alpha value is -1.17. The molecule has 118 valence electrons. The van der Waals surface area contributed by atoms with Crippen molar-refractivity contribution >= 4 is 40.9 Å². The summed E-state index contributed by atoms with van der Waals surface area (Å²) in [5, 5.41) is 8.27. The quantitative estimate of drug-likeness (QED) is 0.626. The zero-order valence-corrected chi connectivity index (χ0v) is 14.7. The lowest BCUT2D eigenvalue weighted by molar-refractivity contribution is 0.0952. The van der Waals surface area contributed by atoms with Crippen molar-refractivity contribution in [3.05, 3.63) is 45.7 Å². The number of nitrogens with one attached hydrogen (secondary N) is 1. The number of hydrogen-bond acceptors (Lipinski definition) is 3. The van der Waals surface area contributed by atoms with Crippen LogP contribution in [0.5, 0.6) is 0 Å². The first-order chi connectivity index (χ1) is 10.5. The molecule has 0 aliphatic heterocycles. The maximum absolute atomic E-state index is 12.2. The van der Waals surface area contributed by atoms with Crippen LogP contribution in [-0.2, 0) is 6.54 Å². The van der Waals surface area contributed by atoms with Gasteiger partial charge in [-0.25, -0.2) is 0 Å². The lowest BCUT2D eigenvalue weighted by Gasteiger charge is -2.08. The number of amides is 1. The van der Waals surface area contributed by atoms with E-state index in [2.05, 4.69) is 10.4 Å². The van der Waals surface area contributed by atoms with E-state index in [0.29, 0.717) is 28.7 Å². The third-order valence-electron chi connectivity index (χ3n) is 3.15. The normalized spacial score (nSPS) is 10.7. The summed E-state index contributed by atoms with van der Waals surface area (Å²) in [4.78, 5) is 13.2. The molecule has 2 aromatic rings. The van der Waals surface area contributed by atoms with Gasteiger partial charge in [0.1, 0.15) is 0 Å². The van der Waals surface area contributed by atoms with Crippen molar-refractivity contribution in [2.24, 2.45) is 0 Å². The SMILES string of the molecule is CSc1ccc(Cl)c(C(=O)NCCCn2cc(Cl)c(C)n2)c1. The summed E-state index contributed by atoms with van der Waals surface area (Å²) >= 11 is 13.6. The number of aryl methyl sites for hydroxylation is 2. The second-order valence-corrected chi connectivity index (χ2v) is 6.47. The van der Waals surface area contributed by atoms with Crippen LogP contribution in [0.4, 0.5) is 0 Å². The molecule has 0 spiro atoms. The Morgan fingerprint density at radius 1 is 1.36 bits per heavy atom. The van der Waals surface area contributed by atoms with E-state index in [0.717, 1.165) is 17.0 Å². The Morgan fingerprint density at radius 2 is 2.14 bits per heavy atom. The fraction of sp³-hybridized carbons (Fsp3) is 0.333. The second-order valence-electron chi connectivity index (χ2n) is 4.78. The van der Waals surface area contributed by atoms with Gasteiger partial charge in [-0.15, -0.1) is 11.8 Å². The first-order valence-electron chi connectivity index (χ1n) is 6.82. The van der Waals surface area contributed by atoms with E-state index in [1.807, 2.05) is 19.2 Å². The van der Waals surface area contributed by atoms with Crippen LogP contribution in [0, 0.1) is 6.92 Å². The molecule has 0 fully saturated rings. The third-order valence-corrected chi connectivity index (χ3v) is 4.58. The van der Waals surface area contributed by atoms with Crippen molar-refractivity contribution in [3.8, 4) is 0 Å². The number of rotatable bonds is 6. The Morgan fingerprint density at radius 3 is 2.77 bits per heavy atom. The van der Waals surface area contributed by atoms with E-state index >= 15 is 0 Å². The largest absolute Gasteiger partial charge is 0.352 e. The zero-order chi connectivity index (χ0) is 16.1. The summed E-state index contributed by atoms with van der Waals surface area (Å²) in [5.74, 6) is -0.157. The topological polar surface area (TPSA) is 46.9 Å². The van der Waals surface area contributed by atoms with Gasteiger partial charge in [-0.05, 0) is 37.8 Å². The average Bonchev–Trinajstić information content (AvgIpc) is 2.82. The molecule has 7 heteroatoms.